The van der Waals surface area contributed by atoms with Crippen molar-refractivity contribution in [3.8, 4) is 28.1 Å². The quantitative estimate of drug-likeness (QED) is 0.544. The summed E-state index contributed by atoms with van der Waals surface area (Å²) in [5, 5.41) is 10.2. The van der Waals surface area contributed by atoms with Crippen LogP contribution in [-0.2, 0) is 5.41 Å². The van der Waals surface area contributed by atoms with Crippen LogP contribution in [0.15, 0.2) is 48.8 Å². The molecule has 6 nitrogen and oxygen atoms in total. The number of piperidine rings is 1. The number of carbonyl (C=O) groups excluding carboxylic acids is 1. The minimum atomic E-state index is -0.327. The number of hydrogen-bond acceptors (Lipinski definition) is 5. The second-order valence-corrected chi connectivity index (χ2v) is 10.1. The SMILES string of the molecule is COc1ncc(-c2ccc(C(=O)N3CCC(O)CC3)cc2Cl)cc1-c1ccnc(C(C)(C)C)c1. The first-order valence-electron chi connectivity index (χ1n) is 11.5. The Morgan fingerprint density at radius 1 is 1.06 bits per heavy atom. The van der Waals surface area contributed by atoms with Crippen LogP contribution in [0.4, 0.5) is 0 Å². The van der Waals surface area contributed by atoms with Gasteiger partial charge in [0, 0.05) is 63.9 Å². The Morgan fingerprint density at radius 3 is 2.44 bits per heavy atom. The van der Waals surface area contributed by atoms with Gasteiger partial charge in [-0.2, -0.15) is 0 Å². The molecule has 34 heavy (non-hydrogen) atoms. The fourth-order valence-electron chi connectivity index (χ4n) is 4.11. The van der Waals surface area contributed by atoms with Crippen LogP contribution in [-0.4, -0.2) is 52.2 Å². The number of benzene rings is 1. The van der Waals surface area contributed by atoms with E-state index in [1.807, 2.05) is 18.2 Å². The lowest BCUT2D eigenvalue weighted by molar-refractivity contribution is 0.0546. The Bertz CT molecular complexity index is 1200. The number of pyridine rings is 2. The molecule has 178 valence electrons. The van der Waals surface area contributed by atoms with Crippen LogP contribution in [0.1, 0.15) is 49.7 Å². The number of aromatic nitrogens is 2. The fraction of sp³-hybridized carbons (Fsp3) is 0.370. The number of nitrogens with zero attached hydrogens (tertiary/aromatic N) is 3. The Balaban J connectivity index is 1.67. The van der Waals surface area contributed by atoms with Crippen LogP contribution in [0.2, 0.25) is 5.02 Å². The van der Waals surface area contributed by atoms with E-state index in [9.17, 15) is 9.90 Å². The Morgan fingerprint density at radius 2 is 1.79 bits per heavy atom. The fourth-order valence-corrected chi connectivity index (χ4v) is 4.40. The topological polar surface area (TPSA) is 75.5 Å². The Labute approximate surface area is 205 Å². The van der Waals surface area contributed by atoms with Crippen molar-refractivity contribution in [3.05, 3.63) is 65.1 Å². The number of likely N-dealkylation sites (tertiary alicyclic amines) is 1. The summed E-state index contributed by atoms with van der Waals surface area (Å²) in [6.07, 6.45) is 4.40. The van der Waals surface area contributed by atoms with E-state index in [0.717, 1.165) is 27.9 Å². The summed E-state index contributed by atoms with van der Waals surface area (Å²) < 4.78 is 5.54. The highest BCUT2D eigenvalue weighted by molar-refractivity contribution is 6.33. The highest BCUT2D eigenvalue weighted by atomic mass is 35.5. The molecule has 1 aliphatic rings. The number of hydrogen-bond donors (Lipinski definition) is 1. The van der Waals surface area contributed by atoms with E-state index in [4.69, 9.17) is 16.3 Å². The van der Waals surface area contributed by atoms with E-state index >= 15 is 0 Å². The molecule has 3 aromatic rings. The van der Waals surface area contributed by atoms with Gasteiger partial charge in [0.1, 0.15) is 0 Å². The zero-order valence-corrected chi connectivity index (χ0v) is 20.8. The van der Waals surface area contributed by atoms with Crippen LogP contribution in [0.3, 0.4) is 0 Å². The smallest absolute Gasteiger partial charge is 0.253 e. The van der Waals surface area contributed by atoms with E-state index in [1.165, 1.54) is 0 Å². The van der Waals surface area contributed by atoms with Gasteiger partial charge in [0.05, 0.1) is 13.2 Å². The third kappa shape index (κ3) is 5.08. The molecule has 1 N–H and O–H groups in total. The summed E-state index contributed by atoms with van der Waals surface area (Å²) in [6.45, 7) is 7.47. The number of aliphatic hydroxyl groups excluding tert-OH is 1. The van der Waals surface area contributed by atoms with Crippen molar-refractivity contribution in [2.45, 2.75) is 45.1 Å². The molecular formula is C27H30ClN3O3. The summed E-state index contributed by atoms with van der Waals surface area (Å²) in [4.78, 5) is 23.7. The summed E-state index contributed by atoms with van der Waals surface area (Å²) in [6, 6.07) is 11.4. The maximum absolute atomic E-state index is 12.9. The van der Waals surface area contributed by atoms with Crippen LogP contribution < -0.4 is 4.74 Å². The molecule has 1 amide bonds. The van der Waals surface area contributed by atoms with E-state index < -0.39 is 0 Å². The number of carbonyl (C=O) groups is 1. The lowest BCUT2D eigenvalue weighted by Gasteiger charge is -2.29. The van der Waals surface area contributed by atoms with Gasteiger partial charge in [-0.05, 0) is 48.7 Å². The van der Waals surface area contributed by atoms with Crippen molar-refractivity contribution in [2.75, 3.05) is 20.2 Å². The summed E-state index contributed by atoms with van der Waals surface area (Å²) in [5.41, 5.74) is 4.84. The monoisotopic (exact) mass is 479 g/mol. The van der Waals surface area contributed by atoms with Gasteiger partial charge in [-0.15, -0.1) is 0 Å². The number of aliphatic hydroxyl groups is 1. The highest BCUT2D eigenvalue weighted by Gasteiger charge is 2.23. The number of ether oxygens (including phenoxy) is 1. The first kappa shape index (κ1) is 24.2. The molecule has 3 heterocycles. The predicted octanol–water partition coefficient (Wildman–Crippen LogP) is 5.37. The molecule has 2 aromatic heterocycles. The zero-order chi connectivity index (χ0) is 24.5. The molecule has 1 fully saturated rings. The second-order valence-electron chi connectivity index (χ2n) is 9.68. The van der Waals surface area contributed by atoms with Gasteiger partial charge >= 0.3 is 0 Å². The standard InChI is InChI=1S/C27H30ClN3O3/c1-27(2,3)24-15-17(7-10-29-24)22-13-19(16-30-25(22)34-4)21-6-5-18(14-23(21)28)26(33)31-11-8-20(32)9-12-31/h5-7,10,13-16,20,32H,8-9,11-12H2,1-4H3. The first-order valence-corrected chi connectivity index (χ1v) is 11.8. The number of amides is 1. The second kappa shape index (κ2) is 9.72. The molecule has 1 aromatic carbocycles. The third-order valence-electron chi connectivity index (χ3n) is 6.16. The number of methoxy groups -OCH3 is 1. The van der Waals surface area contributed by atoms with Gasteiger partial charge in [-0.25, -0.2) is 4.98 Å². The minimum absolute atomic E-state index is 0.0691. The van der Waals surface area contributed by atoms with Gasteiger partial charge in [-0.3, -0.25) is 9.78 Å². The Kier molecular flexibility index (Phi) is 6.91. The molecule has 0 radical (unpaired) electrons. The molecular weight excluding hydrogens is 450 g/mol. The molecule has 0 saturated carbocycles. The summed E-state index contributed by atoms with van der Waals surface area (Å²) >= 11 is 6.65. The normalized spacial score (nSPS) is 14.8. The minimum Gasteiger partial charge on any atom is -0.481 e. The molecule has 0 atom stereocenters. The molecule has 1 saturated heterocycles. The third-order valence-corrected chi connectivity index (χ3v) is 6.48. The highest BCUT2D eigenvalue weighted by Crippen LogP contribution is 2.36. The average molecular weight is 480 g/mol. The van der Waals surface area contributed by atoms with Gasteiger partial charge in [-0.1, -0.05) is 38.4 Å². The maximum Gasteiger partial charge on any atom is 0.253 e. The predicted molar refractivity (Wildman–Crippen MR) is 134 cm³/mol. The lowest BCUT2D eigenvalue weighted by Crippen LogP contribution is -2.40. The summed E-state index contributed by atoms with van der Waals surface area (Å²) in [5.74, 6) is 0.449. The van der Waals surface area contributed by atoms with Crippen LogP contribution in [0, 0.1) is 0 Å². The van der Waals surface area contributed by atoms with Crippen molar-refractivity contribution >= 4 is 17.5 Å². The van der Waals surface area contributed by atoms with Crippen LogP contribution in [0.25, 0.3) is 22.3 Å². The molecule has 1 aliphatic heterocycles. The van der Waals surface area contributed by atoms with E-state index in [2.05, 4.69) is 36.8 Å². The van der Waals surface area contributed by atoms with Gasteiger partial charge in [0.25, 0.3) is 5.91 Å². The van der Waals surface area contributed by atoms with Crippen molar-refractivity contribution < 1.29 is 14.6 Å². The summed E-state index contributed by atoms with van der Waals surface area (Å²) in [7, 11) is 1.60. The van der Waals surface area contributed by atoms with E-state index in [1.54, 1.807) is 36.5 Å². The van der Waals surface area contributed by atoms with Crippen molar-refractivity contribution in [1.29, 1.82) is 0 Å². The number of rotatable bonds is 4. The van der Waals surface area contributed by atoms with E-state index in [-0.39, 0.29) is 17.4 Å². The molecule has 0 unspecified atom stereocenters. The van der Waals surface area contributed by atoms with Gasteiger partial charge < -0.3 is 14.7 Å². The average Bonchev–Trinajstić information content (AvgIpc) is 2.83. The van der Waals surface area contributed by atoms with Crippen molar-refractivity contribution in [2.24, 2.45) is 0 Å². The van der Waals surface area contributed by atoms with E-state index in [0.29, 0.717) is 42.4 Å². The molecule has 4 rings (SSSR count). The molecule has 7 heteroatoms. The zero-order valence-electron chi connectivity index (χ0n) is 20.0. The molecule has 0 bridgehead atoms. The largest absolute Gasteiger partial charge is 0.481 e. The Hall–Kier alpha value is -2.96. The molecule has 0 spiro atoms. The van der Waals surface area contributed by atoms with Crippen LogP contribution in [0.5, 0.6) is 5.88 Å². The van der Waals surface area contributed by atoms with Gasteiger partial charge in [0.15, 0.2) is 0 Å². The molecule has 0 aliphatic carbocycles. The number of halogens is 1. The first-order chi connectivity index (χ1) is 16.2. The van der Waals surface area contributed by atoms with Crippen LogP contribution >= 0.6 is 11.6 Å². The maximum atomic E-state index is 12.9. The van der Waals surface area contributed by atoms with Crippen molar-refractivity contribution in [1.82, 2.24) is 14.9 Å². The van der Waals surface area contributed by atoms with Crippen molar-refractivity contribution in [3.63, 3.8) is 0 Å². The van der Waals surface area contributed by atoms with Gasteiger partial charge in [0.2, 0.25) is 5.88 Å². The lowest BCUT2D eigenvalue weighted by atomic mass is 9.90.